The maximum Gasteiger partial charge on any atom is 0.307 e. The predicted molar refractivity (Wildman–Crippen MR) is 151 cm³/mol. The predicted octanol–water partition coefficient (Wildman–Crippen LogP) is 3.49. The van der Waals surface area contributed by atoms with Gasteiger partial charge in [-0.1, -0.05) is 74.5 Å². The molecule has 2 aromatic rings. The van der Waals surface area contributed by atoms with Gasteiger partial charge in [-0.15, -0.1) is 0 Å². The van der Waals surface area contributed by atoms with Crippen LogP contribution in [-0.4, -0.2) is 69.2 Å². The van der Waals surface area contributed by atoms with Crippen LogP contribution >= 0.6 is 0 Å². The first-order valence-corrected chi connectivity index (χ1v) is 14.6. The summed E-state index contributed by atoms with van der Waals surface area (Å²) < 4.78 is 30.8. The number of aliphatic hydroxyl groups is 3. The lowest BCUT2D eigenvalue weighted by molar-refractivity contribution is -0.346. The number of ether oxygens (including phenoxy) is 5. The Labute approximate surface area is 250 Å². The molecule has 7 unspecified atom stereocenters. The Bertz CT molecular complexity index is 1430. The number of aliphatic hydroxyl groups excluding tert-OH is 1. The number of hydrogen-bond acceptors (Lipinski definition) is 10. The summed E-state index contributed by atoms with van der Waals surface area (Å²) in [6.45, 7) is 4.71. The number of carbonyl (C=O) groups excluding carboxylic acids is 2. The van der Waals surface area contributed by atoms with Gasteiger partial charge < -0.3 is 39.0 Å². The third kappa shape index (κ3) is 3.74. The number of fused-ring (bicyclic) bond motifs is 2. The van der Waals surface area contributed by atoms with Crippen LogP contribution in [0.4, 0.5) is 0 Å². The molecule has 0 radical (unpaired) electrons. The Morgan fingerprint density at radius 1 is 0.907 bits per heavy atom. The van der Waals surface area contributed by atoms with Crippen LogP contribution in [0.3, 0.4) is 0 Å². The lowest BCUT2D eigenvalue weighted by atomic mass is 9.55. The first-order valence-electron chi connectivity index (χ1n) is 14.6. The van der Waals surface area contributed by atoms with Crippen LogP contribution in [0.2, 0.25) is 0 Å². The molecule has 7 atom stereocenters. The largest absolute Gasteiger partial charge is 0.504 e. The van der Waals surface area contributed by atoms with E-state index in [0.29, 0.717) is 6.42 Å². The van der Waals surface area contributed by atoms with E-state index >= 15 is 0 Å². The molecule has 230 valence electrons. The zero-order valence-electron chi connectivity index (χ0n) is 24.6. The molecular weight excluding hydrogens is 556 g/mol. The van der Waals surface area contributed by atoms with Crippen molar-refractivity contribution < 1.29 is 48.6 Å². The Morgan fingerprint density at radius 3 is 2.09 bits per heavy atom. The molecule has 6 rings (SSSR count). The summed E-state index contributed by atoms with van der Waals surface area (Å²) in [5, 5.41) is 36.1. The number of carbonyl (C=O) groups is 2. The lowest BCUT2D eigenvalue weighted by Gasteiger charge is -2.61. The average Bonchev–Trinajstić information content (AvgIpc) is 3.17. The molecule has 4 aliphatic rings. The highest BCUT2D eigenvalue weighted by molar-refractivity contribution is 6.08. The zero-order valence-corrected chi connectivity index (χ0v) is 24.6. The molecule has 10 heteroatoms. The zero-order chi connectivity index (χ0) is 30.7. The molecule has 2 saturated carbocycles. The SMILES string of the molecule is CC1=C(O)C(=O)C2(O)C3(C)CC(=O)OC4(C(OCOCc5ccccc5)C(C)CCC34OCOCc3ccccc3)C12O. The third-order valence-electron chi connectivity index (χ3n) is 10.4. The van der Waals surface area contributed by atoms with Crippen molar-refractivity contribution in [3.05, 3.63) is 83.1 Å². The van der Waals surface area contributed by atoms with Crippen molar-refractivity contribution in [2.75, 3.05) is 13.6 Å². The number of Topliss-reactive ketones (excluding diaryl/α,β-unsaturated/α-hetero) is 1. The number of ketones is 1. The van der Waals surface area contributed by atoms with Crippen molar-refractivity contribution in [1.82, 2.24) is 0 Å². The van der Waals surface area contributed by atoms with Crippen LogP contribution in [0.25, 0.3) is 0 Å². The number of rotatable bonds is 10. The molecule has 1 heterocycles. The summed E-state index contributed by atoms with van der Waals surface area (Å²) in [6.07, 6.45) is -0.832. The van der Waals surface area contributed by atoms with Gasteiger partial charge in [0, 0.05) is 5.57 Å². The molecule has 43 heavy (non-hydrogen) atoms. The van der Waals surface area contributed by atoms with Crippen molar-refractivity contribution in [3.8, 4) is 0 Å². The first kappa shape index (κ1) is 29.9. The third-order valence-corrected chi connectivity index (χ3v) is 10.4. The maximum atomic E-state index is 13.7. The first-order chi connectivity index (χ1) is 20.5. The number of benzene rings is 2. The van der Waals surface area contributed by atoms with Crippen molar-refractivity contribution in [3.63, 3.8) is 0 Å². The standard InChI is InChI=1S/C33H38O10/c1-21-14-15-30(42-20-40-18-24-12-8-5-9-13-24)29(3)16-25(34)43-33(30,31(37)22(2)26(35)27(36)32(29,31)38)28(21)41-19-39-17-23-10-6-4-7-11-23/h4-13,21,28,35,37-38H,14-20H2,1-3H3. The smallest absolute Gasteiger partial charge is 0.307 e. The van der Waals surface area contributed by atoms with Gasteiger partial charge in [-0.3, -0.25) is 9.59 Å². The van der Waals surface area contributed by atoms with Crippen LogP contribution in [0, 0.1) is 11.3 Å². The molecule has 3 fully saturated rings. The summed E-state index contributed by atoms with van der Waals surface area (Å²) in [5.74, 6) is -2.91. The normalized spacial score (nSPS) is 38.2. The van der Waals surface area contributed by atoms with Crippen LogP contribution in [0.1, 0.15) is 51.2 Å². The van der Waals surface area contributed by atoms with Gasteiger partial charge in [0.25, 0.3) is 0 Å². The van der Waals surface area contributed by atoms with Crippen molar-refractivity contribution in [1.29, 1.82) is 0 Å². The highest BCUT2D eigenvalue weighted by Crippen LogP contribution is 2.77. The molecule has 1 saturated heterocycles. The van der Waals surface area contributed by atoms with Crippen LogP contribution in [0.5, 0.6) is 0 Å². The van der Waals surface area contributed by atoms with Gasteiger partial charge in [-0.25, -0.2) is 0 Å². The van der Waals surface area contributed by atoms with Gasteiger partial charge in [-0.05, 0) is 36.8 Å². The Balaban J connectivity index is 1.41. The van der Waals surface area contributed by atoms with Gasteiger partial charge in [0.05, 0.1) is 25.0 Å². The fraction of sp³-hybridized carbons (Fsp3) is 0.515. The average molecular weight is 595 g/mol. The Kier molecular flexibility index (Phi) is 7.31. The molecule has 0 spiro atoms. The van der Waals surface area contributed by atoms with E-state index in [4.69, 9.17) is 23.7 Å². The summed E-state index contributed by atoms with van der Waals surface area (Å²) in [5.41, 5.74) is -9.10. The van der Waals surface area contributed by atoms with Crippen LogP contribution in [-0.2, 0) is 46.5 Å². The highest BCUT2D eigenvalue weighted by atomic mass is 16.7. The minimum Gasteiger partial charge on any atom is -0.504 e. The lowest BCUT2D eigenvalue weighted by Crippen LogP contribution is -2.78. The summed E-state index contributed by atoms with van der Waals surface area (Å²) in [4.78, 5) is 27.2. The van der Waals surface area contributed by atoms with Crippen molar-refractivity contribution in [2.45, 2.75) is 81.8 Å². The summed E-state index contributed by atoms with van der Waals surface area (Å²) in [7, 11) is 0. The second-order valence-corrected chi connectivity index (χ2v) is 12.4. The van der Waals surface area contributed by atoms with E-state index in [1.54, 1.807) is 6.92 Å². The van der Waals surface area contributed by atoms with Crippen molar-refractivity contribution >= 4 is 11.8 Å². The molecule has 3 N–H and O–H groups in total. The van der Waals surface area contributed by atoms with E-state index in [0.717, 1.165) is 11.1 Å². The van der Waals surface area contributed by atoms with E-state index in [2.05, 4.69) is 0 Å². The van der Waals surface area contributed by atoms with E-state index in [1.807, 2.05) is 67.6 Å². The Morgan fingerprint density at radius 2 is 1.49 bits per heavy atom. The Hall–Kier alpha value is -3.12. The fourth-order valence-electron chi connectivity index (χ4n) is 8.36. The van der Waals surface area contributed by atoms with Crippen molar-refractivity contribution in [2.24, 2.45) is 11.3 Å². The minimum atomic E-state index is -2.66. The topological polar surface area (TPSA) is 141 Å². The van der Waals surface area contributed by atoms with Gasteiger partial charge in [0.2, 0.25) is 11.4 Å². The van der Waals surface area contributed by atoms with E-state index in [-0.39, 0.29) is 44.7 Å². The van der Waals surface area contributed by atoms with E-state index in [9.17, 15) is 24.9 Å². The van der Waals surface area contributed by atoms with E-state index in [1.165, 1.54) is 6.92 Å². The number of hydrogen-bond donors (Lipinski definition) is 3. The second-order valence-electron chi connectivity index (χ2n) is 12.4. The van der Waals surface area contributed by atoms with E-state index < -0.39 is 57.9 Å². The quantitative estimate of drug-likeness (QED) is 0.213. The highest BCUT2D eigenvalue weighted by Gasteiger charge is 2.97. The molecule has 2 aromatic carbocycles. The fourth-order valence-corrected chi connectivity index (χ4v) is 8.36. The molecule has 2 bridgehead atoms. The molecule has 0 amide bonds. The summed E-state index contributed by atoms with van der Waals surface area (Å²) in [6, 6.07) is 19.0. The monoisotopic (exact) mass is 594 g/mol. The van der Waals surface area contributed by atoms with Crippen LogP contribution in [0.15, 0.2) is 72.0 Å². The van der Waals surface area contributed by atoms with Crippen LogP contribution < -0.4 is 0 Å². The van der Waals surface area contributed by atoms with Gasteiger partial charge in [-0.2, -0.15) is 0 Å². The summed E-state index contributed by atoms with van der Waals surface area (Å²) >= 11 is 0. The molecule has 0 aromatic heterocycles. The molecule has 1 aliphatic heterocycles. The van der Waals surface area contributed by atoms with Gasteiger partial charge in [0.15, 0.2) is 17.0 Å². The molecular formula is C33H38O10. The molecule has 10 nitrogen and oxygen atoms in total. The number of esters is 1. The second kappa shape index (κ2) is 10.5. The maximum absolute atomic E-state index is 13.7. The molecule has 3 aliphatic carbocycles. The van der Waals surface area contributed by atoms with Gasteiger partial charge in [0.1, 0.15) is 25.3 Å². The minimum absolute atomic E-state index is 0.204. The van der Waals surface area contributed by atoms with Gasteiger partial charge >= 0.3 is 5.97 Å².